The van der Waals surface area contributed by atoms with Gasteiger partial charge in [0.2, 0.25) is 11.8 Å². The zero-order chi connectivity index (χ0) is 26.9. The van der Waals surface area contributed by atoms with Gasteiger partial charge in [-0.25, -0.2) is 0 Å². The Morgan fingerprint density at radius 3 is 2.45 bits per heavy atom. The lowest BCUT2D eigenvalue weighted by Crippen LogP contribution is -2.32. The van der Waals surface area contributed by atoms with Crippen LogP contribution in [0.5, 0.6) is 0 Å². The Bertz CT molecular complexity index is 1240. The molecule has 0 aromatic heterocycles. The molecule has 0 radical (unpaired) electrons. The number of ether oxygens (including phenoxy) is 1. The van der Waals surface area contributed by atoms with Crippen molar-refractivity contribution in [2.75, 3.05) is 25.2 Å². The second kappa shape index (κ2) is 13.2. The largest absolute Gasteiger partial charge is 0.395 e. The zero-order valence-electron chi connectivity index (χ0n) is 22.1. The lowest BCUT2D eigenvalue weighted by molar-refractivity contribution is -0.131. The molecule has 0 unspecified atom stereocenters. The molecule has 0 saturated carbocycles. The van der Waals surface area contributed by atoms with Gasteiger partial charge in [-0.2, -0.15) is 0 Å². The second-order valence-corrected chi connectivity index (χ2v) is 9.62. The number of aliphatic hydroxyl groups excluding tert-OH is 1. The average Bonchev–Trinajstić information content (AvgIpc) is 2.94. The lowest BCUT2D eigenvalue weighted by Gasteiger charge is -2.30. The number of aryl methyl sites for hydroxylation is 1. The van der Waals surface area contributed by atoms with E-state index in [-0.39, 0.29) is 36.9 Å². The minimum Gasteiger partial charge on any atom is -0.395 e. The van der Waals surface area contributed by atoms with Gasteiger partial charge in [0.05, 0.1) is 18.4 Å². The van der Waals surface area contributed by atoms with Crippen LogP contribution in [0, 0.1) is 5.92 Å². The van der Waals surface area contributed by atoms with Crippen LogP contribution >= 0.6 is 0 Å². The van der Waals surface area contributed by atoms with Crippen LogP contribution in [0.25, 0.3) is 0 Å². The highest BCUT2D eigenvalue weighted by atomic mass is 16.5. The first-order chi connectivity index (χ1) is 18.5. The number of para-hydroxylation sites is 1. The van der Waals surface area contributed by atoms with E-state index >= 15 is 0 Å². The summed E-state index contributed by atoms with van der Waals surface area (Å²) in [5.41, 5.74) is 5.01. The second-order valence-electron chi connectivity index (χ2n) is 9.62. The van der Waals surface area contributed by atoms with Gasteiger partial charge in [-0.3, -0.25) is 14.5 Å². The van der Waals surface area contributed by atoms with Crippen molar-refractivity contribution in [3.05, 3.63) is 108 Å². The zero-order valence-corrected chi connectivity index (χ0v) is 22.1. The molecule has 0 spiro atoms. The summed E-state index contributed by atoms with van der Waals surface area (Å²) in [6.07, 6.45) is 5.21. The Morgan fingerprint density at radius 2 is 1.74 bits per heavy atom. The monoisotopic (exact) mass is 512 g/mol. The van der Waals surface area contributed by atoms with Gasteiger partial charge >= 0.3 is 0 Å². The van der Waals surface area contributed by atoms with Crippen molar-refractivity contribution >= 4 is 23.2 Å². The molecule has 0 bridgehead atoms. The molecule has 4 rings (SSSR count). The van der Waals surface area contributed by atoms with Gasteiger partial charge in [-0.05, 0) is 41.3 Å². The first-order valence-electron chi connectivity index (χ1n) is 13.1. The minimum atomic E-state index is -0.197. The van der Waals surface area contributed by atoms with E-state index in [1.165, 1.54) is 5.56 Å². The third-order valence-corrected chi connectivity index (χ3v) is 6.97. The standard InChI is InChI=1S/C32H36N2O4/c1-24(9-8-14-30(36)33(21-22-35)23-25-10-4-3-5-11-25)32(38-2)27-15-18-28(19-16-27)34-29-13-7-6-12-26(29)17-20-31(34)37/h3-13,15-16,18-19,24,32,35H,14,17,20-23H2,1-2H3/b9-8+/t24-,32+/m0/s1. The molecule has 3 aromatic rings. The van der Waals surface area contributed by atoms with E-state index in [9.17, 15) is 14.7 Å². The van der Waals surface area contributed by atoms with Crippen LogP contribution in [-0.4, -0.2) is 42.1 Å². The number of carbonyl (C=O) groups excluding carboxylic acids is 2. The SMILES string of the molecule is CO[C@@H](c1ccc(N2C(=O)CCc3ccccc32)cc1)[C@@H](C)/C=C/CC(=O)N(CCO)Cc1ccccc1. The summed E-state index contributed by atoms with van der Waals surface area (Å²) in [5, 5.41) is 9.42. The molecule has 6 heteroatoms. The van der Waals surface area contributed by atoms with Crippen molar-refractivity contribution in [2.24, 2.45) is 5.92 Å². The topological polar surface area (TPSA) is 70.1 Å². The van der Waals surface area contributed by atoms with Crippen LogP contribution in [0.4, 0.5) is 11.4 Å². The molecular formula is C32H36N2O4. The summed E-state index contributed by atoms with van der Waals surface area (Å²) in [4.78, 5) is 29.1. The fourth-order valence-corrected chi connectivity index (χ4v) is 5.01. The van der Waals surface area contributed by atoms with E-state index in [4.69, 9.17) is 4.74 Å². The molecule has 0 aliphatic carbocycles. The van der Waals surface area contributed by atoms with E-state index in [2.05, 4.69) is 13.0 Å². The van der Waals surface area contributed by atoms with E-state index in [0.717, 1.165) is 28.9 Å². The molecule has 6 nitrogen and oxygen atoms in total. The van der Waals surface area contributed by atoms with Gasteiger partial charge in [0.15, 0.2) is 0 Å². The highest BCUT2D eigenvalue weighted by Crippen LogP contribution is 2.35. The molecular weight excluding hydrogens is 476 g/mol. The Balaban J connectivity index is 1.40. The van der Waals surface area contributed by atoms with Crippen molar-refractivity contribution in [3.8, 4) is 0 Å². The fourth-order valence-electron chi connectivity index (χ4n) is 5.01. The lowest BCUT2D eigenvalue weighted by atomic mass is 9.95. The Hall–Kier alpha value is -3.74. The summed E-state index contributed by atoms with van der Waals surface area (Å²) in [6, 6.07) is 25.8. The van der Waals surface area contributed by atoms with Crippen LogP contribution in [0.15, 0.2) is 91.0 Å². The molecule has 0 saturated heterocycles. The van der Waals surface area contributed by atoms with Crippen LogP contribution in [0.3, 0.4) is 0 Å². The summed E-state index contributed by atoms with van der Waals surface area (Å²) in [5.74, 6) is 0.0933. The smallest absolute Gasteiger partial charge is 0.231 e. The quantitative estimate of drug-likeness (QED) is 0.340. The molecule has 1 aliphatic rings. The van der Waals surface area contributed by atoms with Crippen molar-refractivity contribution < 1.29 is 19.4 Å². The number of nitrogens with zero attached hydrogens (tertiary/aromatic N) is 2. The van der Waals surface area contributed by atoms with Crippen molar-refractivity contribution in [2.45, 2.75) is 38.8 Å². The number of hydrogen-bond acceptors (Lipinski definition) is 4. The number of benzene rings is 3. The molecule has 3 aromatic carbocycles. The Kier molecular flexibility index (Phi) is 9.46. The van der Waals surface area contributed by atoms with Crippen molar-refractivity contribution in [1.29, 1.82) is 0 Å². The van der Waals surface area contributed by atoms with Crippen molar-refractivity contribution in [3.63, 3.8) is 0 Å². The van der Waals surface area contributed by atoms with Crippen LogP contribution < -0.4 is 4.90 Å². The van der Waals surface area contributed by atoms with Gasteiger partial charge < -0.3 is 14.7 Å². The van der Waals surface area contributed by atoms with Gasteiger partial charge in [0, 0.05) is 44.6 Å². The van der Waals surface area contributed by atoms with Crippen LogP contribution in [0.2, 0.25) is 0 Å². The molecule has 1 heterocycles. The number of anilines is 2. The normalized spacial score (nSPS) is 14.8. The van der Waals surface area contributed by atoms with Gasteiger partial charge in [0.1, 0.15) is 0 Å². The highest BCUT2D eigenvalue weighted by molar-refractivity contribution is 6.03. The maximum atomic E-state index is 12.8. The molecule has 2 amide bonds. The maximum absolute atomic E-state index is 12.8. The molecule has 0 fully saturated rings. The summed E-state index contributed by atoms with van der Waals surface area (Å²) >= 11 is 0. The van der Waals surface area contributed by atoms with Crippen molar-refractivity contribution in [1.82, 2.24) is 4.90 Å². The number of fused-ring (bicyclic) bond motifs is 1. The predicted octanol–water partition coefficient (Wildman–Crippen LogP) is 5.59. The number of methoxy groups -OCH3 is 1. The number of hydrogen-bond donors (Lipinski definition) is 1. The third kappa shape index (κ3) is 6.57. The minimum absolute atomic E-state index is 0.0245. The predicted molar refractivity (Wildman–Crippen MR) is 150 cm³/mol. The van der Waals surface area contributed by atoms with E-state index in [1.807, 2.05) is 84.9 Å². The number of aliphatic hydroxyl groups is 1. The number of amides is 2. The van der Waals surface area contributed by atoms with Gasteiger partial charge in [0.25, 0.3) is 0 Å². The average molecular weight is 513 g/mol. The van der Waals surface area contributed by atoms with Gasteiger partial charge in [-0.1, -0.05) is 79.7 Å². The summed E-state index contributed by atoms with van der Waals surface area (Å²) in [6.45, 7) is 2.76. The molecule has 38 heavy (non-hydrogen) atoms. The van der Waals surface area contributed by atoms with Gasteiger partial charge in [-0.15, -0.1) is 0 Å². The van der Waals surface area contributed by atoms with E-state index < -0.39 is 0 Å². The number of carbonyl (C=O) groups is 2. The summed E-state index contributed by atoms with van der Waals surface area (Å²) in [7, 11) is 1.68. The molecule has 198 valence electrons. The fraction of sp³-hybridized carbons (Fsp3) is 0.312. The Morgan fingerprint density at radius 1 is 1.03 bits per heavy atom. The van der Waals surface area contributed by atoms with E-state index in [1.54, 1.807) is 16.9 Å². The molecule has 2 atom stereocenters. The third-order valence-electron chi connectivity index (χ3n) is 6.97. The summed E-state index contributed by atoms with van der Waals surface area (Å²) < 4.78 is 5.82. The van der Waals surface area contributed by atoms with Crippen LogP contribution in [0.1, 0.15) is 42.6 Å². The maximum Gasteiger partial charge on any atom is 0.231 e. The molecule has 1 aliphatic heterocycles. The highest BCUT2D eigenvalue weighted by Gasteiger charge is 2.25. The number of rotatable bonds is 11. The molecule has 1 N–H and O–H groups in total. The first kappa shape index (κ1) is 27.3. The first-order valence-corrected chi connectivity index (χ1v) is 13.1. The van der Waals surface area contributed by atoms with E-state index in [0.29, 0.717) is 19.5 Å². The Labute approximate surface area is 225 Å². The van der Waals surface area contributed by atoms with Crippen LogP contribution in [-0.2, 0) is 27.3 Å².